The van der Waals surface area contributed by atoms with Crippen molar-refractivity contribution in [3.05, 3.63) is 34.4 Å². The van der Waals surface area contributed by atoms with Crippen molar-refractivity contribution in [2.45, 2.75) is 40.3 Å². The molecule has 0 aliphatic rings. The molecule has 21 heavy (non-hydrogen) atoms. The summed E-state index contributed by atoms with van der Waals surface area (Å²) in [6.45, 7) is 7.85. The van der Waals surface area contributed by atoms with Gasteiger partial charge in [-0.05, 0) is 27.2 Å². The second kappa shape index (κ2) is 6.76. The molecule has 2 rings (SSSR count). The lowest BCUT2D eigenvalue weighted by atomic mass is 10.2. The normalized spacial score (nSPS) is 10.9. The summed E-state index contributed by atoms with van der Waals surface area (Å²) in [5.41, 5.74) is 2.35. The van der Waals surface area contributed by atoms with Crippen molar-refractivity contribution in [3.63, 3.8) is 0 Å². The van der Waals surface area contributed by atoms with Gasteiger partial charge in [0.15, 0.2) is 0 Å². The van der Waals surface area contributed by atoms with E-state index >= 15 is 0 Å². The van der Waals surface area contributed by atoms with Crippen molar-refractivity contribution in [1.82, 2.24) is 24.9 Å². The molecule has 0 radical (unpaired) electrons. The van der Waals surface area contributed by atoms with Crippen LogP contribution in [0.2, 0.25) is 5.02 Å². The van der Waals surface area contributed by atoms with Crippen molar-refractivity contribution in [3.8, 4) is 0 Å². The van der Waals surface area contributed by atoms with Crippen LogP contribution in [0.1, 0.15) is 35.1 Å². The van der Waals surface area contributed by atoms with E-state index in [1.165, 1.54) is 0 Å². The molecule has 114 valence electrons. The highest BCUT2D eigenvalue weighted by atomic mass is 35.5. The number of nitrogens with one attached hydrogen (secondary N) is 1. The first kappa shape index (κ1) is 15.6. The van der Waals surface area contributed by atoms with Crippen molar-refractivity contribution in [1.29, 1.82) is 0 Å². The van der Waals surface area contributed by atoms with Crippen LogP contribution in [0.25, 0.3) is 0 Å². The lowest BCUT2D eigenvalue weighted by molar-refractivity contribution is 0.0952. The molecule has 2 heterocycles. The van der Waals surface area contributed by atoms with Crippen molar-refractivity contribution in [2.24, 2.45) is 0 Å². The van der Waals surface area contributed by atoms with Gasteiger partial charge < -0.3 is 5.32 Å². The van der Waals surface area contributed by atoms with Crippen molar-refractivity contribution in [2.75, 3.05) is 6.54 Å². The predicted octanol–water partition coefficient (Wildman–Crippen LogP) is 2.19. The van der Waals surface area contributed by atoms with Gasteiger partial charge in [0.05, 0.1) is 22.5 Å². The van der Waals surface area contributed by atoms with Gasteiger partial charge in [0, 0.05) is 31.5 Å². The van der Waals surface area contributed by atoms with Gasteiger partial charge in [-0.15, -0.1) is 0 Å². The standard InChI is InChI=1S/C14H20ClN5O/c1-4-20-11(3)12(8-17-20)14(21)16-6-5-7-19-9-13(15)10(2)18-19/h8-9H,4-7H2,1-3H3,(H,16,21). The van der Waals surface area contributed by atoms with Gasteiger partial charge in [-0.2, -0.15) is 10.2 Å². The lowest BCUT2D eigenvalue weighted by Gasteiger charge is -2.05. The van der Waals surface area contributed by atoms with Crippen molar-refractivity contribution >= 4 is 17.5 Å². The van der Waals surface area contributed by atoms with E-state index in [2.05, 4.69) is 15.5 Å². The van der Waals surface area contributed by atoms with E-state index in [0.29, 0.717) is 17.1 Å². The molecule has 0 bridgehead atoms. The van der Waals surface area contributed by atoms with Crippen LogP contribution in [0.5, 0.6) is 0 Å². The quantitative estimate of drug-likeness (QED) is 0.832. The fraction of sp³-hybridized carbons (Fsp3) is 0.500. The minimum Gasteiger partial charge on any atom is -0.352 e. The van der Waals surface area contributed by atoms with Crippen LogP contribution >= 0.6 is 11.6 Å². The third-order valence-corrected chi connectivity index (χ3v) is 3.75. The highest BCUT2D eigenvalue weighted by Gasteiger charge is 2.12. The highest BCUT2D eigenvalue weighted by molar-refractivity contribution is 6.31. The second-order valence-corrected chi connectivity index (χ2v) is 5.30. The molecule has 0 spiro atoms. The minimum atomic E-state index is -0.0816. The highest BCUT2D eigenvalue weighted by Crippen LogP contribution is 2.12. The fourth-order valence-electron chi connectivity index (χ4n) is 2.13. The summed E-state index contributed by atoms with van der Waals surface area (Å²) in [4.78, 5) is 12.1. The molecule has 0 saturated heterocycles. The number of aromatic nitrogens is 4. The molecule has 0 aliphatic heterocycles. The van der Waals surface area contributed by atoms with Gasteiger partial charge in [0.25, 0.3) is 5.91 Å². The molecule has 6 nitrogen and oxygen atoms in total. The zero-order valence-electron chi connectivity index (χ0n) is 12.6. The molecule has 0 atom stereocenters. The number of carbonyl (C=O) groups excluding carboxylic acids is 1. The number of aryl methyl sites for hydroxylation is 3. The topological polar surface area (TPSA) is 64.7 Å². The summed E-state index contributed by atoms with van der Waals surface area (Å²) in [6, 6.07) is 0. The molecule has 7 heteroatoms. The first-order valence-electron chi connectivity index (χ1n) is 7.03. The maximum Gasteiger partial charge on any atom is 0.254 e. The number of amides is 1. The summed E-state index contributed by atoms with van der Waals surface area (Å²) in [6.07, 6.45) is 4.21. The van der Waals surface area contributed by atoms with Crippen LogP contribution in [0.15, 0.2) is 12.4 Å². The Hall–Kier alpha value is -1.82. The van der Waals surface area contributed by atoms with Gasteiger partial charge in [-0.25, -0.2) is 0 Å². The maximum absolute atomic E-state index is 12.1. The largest absolute Gasteiger partial charge is 0.352 e. The fourth-order valence-corrected chi connectivity index (χ4v) is 2.28. The van der Waals surface area contributed by atoms with Crippen LogP contribution in [-0.2, 0) is 13.1 Å². The van der Waals surface area contributed by atoms with Crippen molar-refractivity contribution < 1.29 is 4.79 Å². The Bertz CT molecular complexity index is 612. The van der Waals surface area contributed by atoms with E-state index in [0.717, 1.165) is 30.9 Å². The van der Waals surface area contributed by atoms with Crippen LogP contribution in [0.3, 0.4) is 0 Å². The third kappa shape index (κ3) is 3.64. The Morgan fingerprint density at radius 2 is 2.19 bits per heavy atom. The van der Waals surface area contributed by atoms with E-state index in [1.807, 2.05) is 25.5 Å². The number of nitrogens with zero attached hydrogens (tertiary/aromatic N) is 4. The molecule has 2 aromatic rings. The molecule has 0 aliphatic carbocycles. The zero-order chi connectivity index (χ0) is 15.4. The molecule has 0 aromatic carbocycles. The Labute approximate surface area is 129 Å². The van der Waals surface area contributed by atoms with E-state index in [4.69, 9.17) is 11.6 Å². The van der Waals surface area contributed by atoms with Crippen LogP contribution in [0.4, 0.5) is 0 Å². The van der Waals surface area contributed by atoms with Crippen LogP contribution in [0, 0.1) is 13.8 Å². The van der Waals surface area contributed by atoms with E-state index in [-0.39, 0.29) is 5.91 Å². The zero-order valence-corrected chi connectivity index (χ0v) is 13.3. The molecule has 2 aromatic heterocycles. The number of hydrogen-bond donors (Lipinski definition) is 1. The Balaban J connectivity index is 1.80. The molecule has 0 saturated carbocycles. The number of hydrogen-bond acceptors (Lipinski definition) is 3. The Kier molecular flexibility index (Phi) is 5.01. The van der Waals surface area contributed by atoms with E-state index < -0.39 is 0 Å². The SMILES string of the molecule is CCn1ncc(C(=O)NCCCn2cc(Cl)c(C)n2)c1C. The molecule has 0 unspecified atom stereocenters. The molecular formula is C14H20ClN5O. The van der Waals surface area contributed by atoms with Gasteiger partial charge in [0.1, 0.15) is 0 Å². The minimum absolute atomic E-state index is 0.0816. The number of rotatable bonds is 6. The average Bonchev–Trinajstić information content (AvgIpc) is 2.98. The monoisotopic (exact) mass is 309 g/mol. The summed E-state index contributed by atoms with van der Waals surface area (Å²) >= 11 is 5.94. The third-order valence-electron chi connectivity index (χ3n) is 3.38. The van der Waals surface area contributed by atoms with Gasteiger partial charge in [-0.3, -0.25) is 14.2 Å². The first-order chi connectivity index (χ1) is 10.0. The van der Waals surface area contributed by atoms with Crippen LogP contribution < -0.4 is 5.32 Å². The first-order valence-corrected chi connectivity index (χ1v) is 7.41. The van der Waals surface area contributed by atoms with E-state index in [9.17, 15) is 4.79 Å². The summed E-state index contributed by atoms with van der Waals surface area (Å²) in [7, 11) is 0. The lowest BCUT2D eigenvalue weighted by Crippen LogP contribution is -2.25. The molecular weight excluding hydrogens is 290 g/mol. The number of halogens is 1. The average molecular weight is 310 g/mol. The molecule has 0 fully saturated rings. The van der Waals surface area contributed by atoms with Gasteiger partial charge in [-0.1, -0.05) is 11.6 Å². The summed E-state index contributed by atoms with van der Waals surface area (Å²) in [5.74, 6) is -0.0816. The smallest absolute Gasteiger partial charge is 0.254 e. The van der Waals surface area contributed by atoms with E-state index in [1.54, 1.807) is 17.1 Å². The Morgan fingerprint density at radius 1 is 1.43 bits per heavy atom. The summed E-state index contributed by atoms with van der Waals surface area (Å²) < 4.78 is 3.60. The van der Waals surface area contributed by atoms with Gasteiger partial charge in [0.2, 0.25) is 0 Å². The Morgan fingerprint density at radius 3 is 2.76 bits per heavy atom. The van der Waals surface area contributed by atoms with Gasteiger partial charge >= 0.3 is 0 Å². The molecule has 1 amide bonds. The molecule has 1 N–H and O–H groups in total. The summed E-state index contributed by atoms with van der Waals surface area (Å²) in [5, 5.41) is 12.0. The number of carbonyl (C=O) groups is 1. The van der Waals surface area contributed by atoms with Crippen LogP contribution in [-0.4, -0.2) is 32.0 Å². The second-order valence-electron chi connectivity index (χ2n) is 4.89. The maximum atomic E-state index is 12.1. The predicted molar refractivity (Wildman–Crippen MR) is 81.6 cm³/mol.